The summed E-state index contributed by atoms with van der Waals surface area (Å²) in [7, 11) is -4.30. The Hall–Kier alpha value is -1.46. The van der Waals surface area contributed by atoms with E-state index in [2.05, 4.69) is 0 Å². The molecule has 2 N–H and O–H groups in total. The van der Waals surface area contributed by atoms with Gasteiger partial charge in [0.05, 0.1) is 16.6 Å². The summed E-state index contributed by atoms with van der Waals surface area (Å²) in [5.74, 6) is -1.02. The van der Waals surface area contributed by atoms with Crippen molar-refractivity contribution in [3.63, 3.8) is 0 Å². The van der Waals surface area contributed by atoms with Gasteiger partial charge in [-0.05, 0) is 12.5 Å². The third-order valence-corrected chi connectivity index (χ3v) is 4.32. The highest BCUT2D eigenvalue weighted by atomic mass is 35.5. The molecule has 0 radical (unpaired) electrons. The molecule has 1 saturated heterocycles. The maximum absolute atomic E-state index is 12.1. The number of nitro benzene ring substituents is 1. The molecule has 1 aliphatic heterocycles. The normalized spacial score (nSPS) is 16.4. The van der Waals surface area contributed by atoms with Gasteiger partial charge in [-0.15, -0.1) is 10.0 Å². The molecule has 0 unspecified atom stereocenters. The van der Waals surface area contributed by atoms with Gasteiger partial charge in [0, 0.05) is 12.6 Å². The molecule has 110 valence electrons. The molecule has 0 atom stereocenters. The van der Waals surface area contributed by atoms with Gasteiger partial charge in [-0.25, -0.2) is 8.42 Å². The first kappa shape index (κ1) is 14.9. The number of phenolic OH excluding ortho intramolecular Hbond substituents is 1. The number of halogens is 1. The molecule has 0 saturated carbocycles. The van der Waals surface area contributed by atoms with E-state index in [4.69, 9.17) is 16.4 Å². The fourth-order valence-electron chi connectivity index (χ4n) is 1.64. The van der Waals surface area contributed by atoms with Crippen molar-refractivity contribution in [1.82, 2.24) is 10.0 Å². The Morgan fingerprint density at radius 1 is 1.50 bits per heavy atom. The number of hydrogen-bond acceptors (Lipinski definition) is 7. The van der Waals surface area contributed by atoms with Crippen LogP contribution in [-0.2, 0) is 14.9 Å². The molecule has 1 aromatic rings. The number of rotatable bonds is 4. The zero-order chi connectivity index (χ0) is 14.9. The van der Waals surface area contributed by atoms with Crippen LogP contribution in [-0.4, -0.2) is 36.8 Å². The number of phenols is 1. The van der Waals surface area contributed by atoms with E-state index in [9.17, 15) is 23.6 Å². The number of benzene rings is 1. The fourth-order valence-corrected chi connectivity index (χ4v) is 3.28. The van der Waals surface area contributed by atoms with Gasteiger partial charge in [0.25, 0.3) is 10.0 Å². The first-order valence-electron chi connectivity index (χ1n) is 5.41. The van der Waals surface area contributed by atoms with Crippen molar-refractivity contribution >= 4 is 27.3 Å². The summed E-state index contributed by atoms with van der Waals surface area (Å²) in [5, 5.41) is 21.1. The van der Waals surface area contributed by atoms with Gasteiger partial charge < -0.3 is 5.11 Å². The van der Waals surface area contributed by atoms with Gasteiger partial charge in [0.2, 0.25) is 5.75 Å². The van der Waals surface area contributed by atoms with E-state index >= 15 is 0 Å². The average Bonchev–Trinajstić information content (AvgIpc) is 2.79. The van der Waals surface area contributed by atoms with E-state index in [0.29, 0.717) is 19.6 Å². The van der Waals surface area contributed by atoms with Crippen LogP contribution in [0.2, 0.25) is 5.02 Å². The molecule has 1 aromatic carbocycles. The zero-order valence-corrected chi connectivity index (χ0v) is 11.5. The van der Waals surface area contributed by atoms with Crippen molar-refractivity contribution in [1.29, 1.82) is 0 Å². The molecular weight excluding hydrogens is 314 g/mol. The number of nitrogens with zero attached hydrogens (tertiary/aromatic N) is 2. The zero-order valence-electron chi connectivity index (χ0n) is 9.95. The minimum absolute atomic E-state index is 0.312. The monoisotopic (exact) mass is 323 g/mol. The quantitative estimate of drug-likeness (QED) is 0.620. The van der Waals surface area contributed by atoms with E-state index in [1.54, 1.807) is 0 Å². The standard InChI is InChI=1S/C9H10ClN3O6S/c10-6-2-3-7(13(15)16)8(14)9(6)20(17,18)11-12-4-1-5-19-12/h2-3,11,14H,1,4-5H2. The first-order chi connectivity index (χ1) is 9.33. The maximum atomic E-state index is 12.1. The van der Waals surface area contributed by atoms with Crippen LogP contribution in [0, 0.1) is 10.1 Å². The molecular formula is C9H10ClN3O6S. The first-order valence-corrected chi connectivity index (χ1v) is 7.28. The summed E-state index contributed by atoms with van der Waals surface area (Å²) < 4.78 is 24.2. The highest BCUT2D eigenvalue weighted by Crippen LogP contribution is 2.37. The minimum atomic E-state index is -4.30. The van der Waals surface area contributed by atoms with E-state index < -0.39 is 31.3 Å². The Kier molecular flexibility index (Phi) is 4.11. The number of hydrogen-bond donors (Lipinski definition) is 2. The third-order valence-electron chi connectivity index (χ3n) is 2.50. The Bertz CT molecular complexity index is 643. The van der Waals surface area contributed by atoms with Crippen LogP contribution in [0.1, 0.15) is 6.42 Å². The summed E-state index contributed by atoms with van der Waals surface area (Å²) in [4.78, 5) is 16.0. The van der Waals surface area contributed by atoms with Crippen LogP contribution in [0.3, 0.4) is 0 Å². The number of hydroxylamine groups is 1. The highest BCUT2D eigenvalue weighted by molar-refractivity contribution is 7.89. The molecule has 1 aliphatic rings. The predicted octanol–water partition coefficient (Wildman–Crippen LogP) is 0.784. The molecule has 1 fully saturated rings. The highest BCUT2D eigenvalue weighted by Gasteiger charge is 2.31. The molecule has 0 aromatic heterocycles. The Morgan fingerprint density at radius 3 is 2.75 bits per heavy atom. The van der Waals surface area contributed by atoms with Crippen molar-refractivity contribution in [3.8, 4) is 5.75 Å². The molecule has 2 rings (SSSR count). The van der Waals surface area contributed by atoms with Gasteiger partial charge in [-0.2, -0.15) is 0 Å². The SMILES string of the molecule is O=[N+]([O-])c1ccc(Cl)c(S(=O)(=O)NN2CCCO2)c1O. The maximum Gasteiger partial charge on any atom is 0.312 e. The lowest BCUT2D eigenvalue weighted by Crippen LogP contribution is -2.39. The topological polar surface area (TPSA) is 122 Å². The van der Waals surface area contributed by atoms with Gasteiger partial charge >= 0.3 is 5.69 Å². The summed E-state index contributed by atoms with van der Waals surface area (Å²) in [5.41, 5.74) is -0.753. The predicted molar refractivity (Wildman–Crippen MR) is 67.4 cm³/mol. The van der Waals surface area contributed by atoms with Crippen LogP contribution in [0.4, 0.5) is 5.69 Å². The van der Waals surface area contributed by atoms with E-state index in [-0.39, 0.29) is 5.02 Å². The lowest BCUT2D eigenvalue weighted by molar-refractivity contribution is -0.386. The van der Waals surface area contributed by atoms with Crippen molar-refractivity contribution in [2.45, 2.75) is 11.3 Å². The number of aromatic hydroxyl groups is 1. The largest absolute Gasteiger partial charge is 0.501 e. The van der Waals surface area contributed by atoms with Crippen molar-refractivity contribution in [3.05, 3.63) is 27.3 Å². The molecule has 11 heteroatoms. The minimum Gasteiger partial charge on any atom is -0.501 e. The van der Waals surface area contributed by atoms with Crippen LogP contribution in [0.15, 0.2) is 17.0 Å². The molecule has 0 amide bonds. The number of nitrogens with one attached hydrogen (secondary N) is 1. The van der Waals surface area contributed by atoms with Crippen LogP contribution in [0.5, 0.6) is 5.75 Å². The van der Waals surface area contributed by atoms with E-state index in [1.807, 2.05) is 4.83 Å². The van der Waals surface area contributed by atoms with Crippen molar-refractivity contribution < 1.29 is 23.3 Å². The average molecular weight is 324 g/mol. The number of hydrazine groups is 1. The lowest BCUT2D eigenvalue weighted by Gasteiger charge is -2.16. The summed E-state index contributed by atoms with van der Waals surface area (Å²) >= 11 is 5.72. The van der Waals surface area contributed by atoms with Gasteiger partial charge in [-0.3, -0.25) is 15.0 Å². The molecule has 20 heavy (non-hydrogen) atoms. The number of sulfonamides is 1. The van der Waals surface area contributed by atoms with Crippen LogP contribution in [0.25, 0.3) is 0 Å². The Morgan fingerprint density at radius 2 is 2.20 bits per heavy atom. The summed E-state index contributed by atoms with van der Waals surface area (Å²) in [6.07, 6.45) is 0.622. The van der Waals surface area contributed by atoms with Gasteiger partial charge in [0.1, 0.15) is 0 Å². The van der Waals surface area contributed by atoms with Crippen LogP contribution >= 0.6 is 11.6 Å². The van der Waals surface area contributed by atoms with Crippen molar-refractivity contribution in [2.75, 3.05) is 13.2 Å². The molecule has 1 heterocycles. The second-order valence-corrected chi connectivity index (χ2v) is 5.89. The Labute approximate surface area is 118 Å². The second kappa shape index (κ2) is 5.50. The Balaban J connectivity index is 2.44. The summed E-state index contributed by atoms with van der Waals surface area (Å²) in [6, 6.07) is 1.95. The lowest BCUT2D eigenvalue weighted by atomic mass is 10.3. The molecule has 0 bridgehead atoms. The van der Waals surface area contributed by atoms with Gasteiger partial charge in [-0.1, -0.05) is 11.6 Å². The van der Waals surface area contributed by atoms with Gasteiger partial charge in [0.15, 0.2) is 4.90 Å². The van der Waals surface area contributed by atoms with Crippen molar-refractivity contribution in [2.24, 2.45) is 0 Å². The van der Waals surface area contributed by atoms with E-state index in [1.165, 1.54) is 0 Å². The molecule has 9 nitrogen and oxygen atoms in total. The third kappa shape index (κ3) is 2.83. The van der Waals surface area contributed by atoms with Crippen LogP contribution < -0.4 is 4.83 Å². The number of nitro groups is 1. The fraction of sp³-hybridized carbons (Fsp3) is 0.333. The second-order valence-electron chi connectivity index (χ2n) is 3.88. The smallest absolute Gasteiger partial charge is 0.312 e. The van der Waals surface area contributed by atoms with E-state index in [0.717, 1.165) is 17.3 Å². The summed E-state index contributed by atoms with van der Waals surface area (Å²) in [6.45, 7) is 0.656. The molecule has 0 aliphatic carbocycles. The molecule has 0 spiro atoms.